The molecule has 0 aromatic heterocycles. The van der Waals surface area contributed by atoms with Crippen LogP contribution in [0.25, 0.3) is 0 Å². The van der Waals surface area contributed by atoms with Crippen LogP contribution in [0, 0.1) is 0 Å². The topological polar surface area (TPSA) is 121 Å². The SMILES string of the molecule is CC(=O)NS(=O)(=O)c1ccc(NC(=O)c2cccc(NC(=O)CCCl)c2)cc1. The van der Waals surface area contributed by atoms with E-state index in [0.717, 1.165) is 6.92 Å². The molecule has 0 heterocycles. The fourth-order valence-corrected chi connectivity index (χ4v) is 3.38. The van der Waals surface area contributed by atoms with E-state index in [4.69, 9.17) is 11.6 Å². The van der Waals surface area contributed by atoms with E-state index in [1.165, 1.54) is 30.3 Å². The number of rotatable bonds is 7. The normalized spacial score (nSPS) is 10.8. The zero-order valence-corrected chi connectivity index (χ0v) is 16.4. The molecule has 0 bridgehead atoms. The number of hydrogen-bond donors (Lipinski definition) is 3. The quantitative estimate of drug-likeness (QED) is 0.590. The third-order valence-electron chi connectivity index (χ3n) is 3.43. The van der Waals surface area contributed by atoms with Gasteiger partial charge in [0.1, 0.15) is 0 Å². The largest absolute Gasteiger partial charge is 0.326 e. The summed E-state index contributed by atoms with van der Waals surface area (Å²) >= 11 is 5.52. The summed E-state index contributed by atoms with van der Waals surface area (Å²) in [5.74, 6) is -1.20. The Hall–Kier alpha value is -2.91. The molecule has 28 heavy (non-hydrogen) atoms. The number of carbonyl (C=O) groups excluding carboxylic acids is 3. The van der Waals surface area contributed by atoms with Crippen LogP contribution in [-0.2, 0) is 19.6 Å². The predicted octanol–water partition coefficient (Wildman–Crippen LogP) is 2.33. The van der Waals surface area contributed by atoms with Crippen molar-refractivity contribution in [1.29, 1.82) is 0 Å². The molecule has 0 aliphatic rings. The summed E-state index contributed by atoms with van der Waals surface area (Å²) in [6.07, 6.45) is 0.158. The molecule has 0 radical (unpaired) electrons. The Morgan fingerprint density at radius 3 is 2.25 bits per heavy atom. The second-order valence-electron chi connectivity index (χ2n) is 5.71. The average molecular weight is 424 g/mol. The van der Waals surface area contributed by atoms with Gasteiger partial charge in [0.25, 0.3) is 15.9 Å². The van der Waals surface area contributed by atoms with Crippen molar-refractivity contribution in [2.45, 2.75) is 18.2 Å². The van der Waals surface area contributed by atoms with Crippen LogP contribution in [0.4, 0.5) is 11.4 Å². The zero-order chi connectivity index (χ0) is 20.7. The number of benzene rings is 2. The Balaban J connectivity index is 2.09. The van der Waals surface area contributed by atoms with Crippen LogP contribution in [0.2, 0.25) is 0 Å². The van der Waals surface area contributed by atoms with Gasteiger partial charge in [-0.25, -0.2) is 13.1 Å². The van der Waals surface area contributed by atoms with E-state index in [2.05, 4.69) is 10.6 Å². The fraction of sp³-hybridized carbons (Fsp3) is 0.167. The number of alkyl halides is 1. The standard InChI is InChI=1S/C18H18ClN3O5S/c1-12(23)22-28(26,27)16-7-5-14(6-8-16)21-18(25)13-3-2-4-15(11-13)20-17(24)9-10-19/h2-8,11H,9-10H2,1H3,(H,20,24)(H,21,25)(H,22,23). The van der Waals surface area contributed by atoms with Crippen LogP contribution in [-0.4, -0.2) is 32.0 Å². The van der Waals surface area contributed by atoms with Gasteiger partial charge in [-0.05, 0) is 42.5 Å². The number of anilines is 2. The van der Waals surface area contributed by atoms with Gasteiger partial charge in [-0.1, -0.05) is 6.07 Å². The second-order valence-corrected chi connectivity index (χ2v) is 7.77. The molecule has 10 heteroatoms. The maximum Gasteiger partial charge on any atom is 0.264 e. The van der Waals surface area contributed by atoms with Gasteiger partial charge in [-0.15, -0.1) is 11.6 Å². The van der Waals surface area contributed by atoms with E-state index in [0.29, 0.717) is 16.9 Å². The van der Waals surface area contributed by atoms with Crippen molar-refractivity contribution >= 4 is 50.7 Å². The molecule has 0 spiro atoms. The Morgan fingerprint density at radius 1 is 0.964 bits per heavy atom. The first-order valence-corrected chi connectivity index (χ1v) is 10.1. The van der Waals surface area contributed by atoms with Gasteiger partial charge in [-0.2, -0.15) is 0 Å². The molecule has 3 amide bonds. The molecule has 3 N–H and O–H groups in total. The lowest BCUT2D eigenvalue weighted by atomic mass is 10.1. The lowest BCUT2D eigenvalue weighted by Gasteiger charge is -2.09. The summed E-state index contributed by atoms with van der Waals surface area (Å²) in [7, 11) is -3.94. The average Bonchev–Trinajstić information content (AvgIpc) is 2.61. The first-order valence-electron chi connectivity index (χ1n) is 8.12. The lowest BCUT2D eigenvalue weighted by Crippen LogP contribution is -2.28. The number of nitrogens with one attached hydrogen (secondary N) is 3. The molecule has 2 aromatic carbocycles. The molecule has 0 atom stereocenters. The maximum atomic E-state index is 12.4. The van der Waals surface area contributed by atoms with E-state index in [1.54, 1.807) is 18.2 Å². The molecule has 148 valence electrons. The second kappa shape index (κ2) is 9.34. The highest BCUT2D eigenvalue weighted by Crippen LogP contribution is 2.17. The number of halogens is 1. The van der Waals surface area contributed by atoms with Crippen LogP contribution >= 0.6 is 11.6 Å². The van der Waals surface area contributed by atoms with Crippen molar-refractivity contribution in [2.24, 2.45) is 0 Å². The summed E-state index contributed by atoms with van der Waals surface area (Å²) in [6.45, 7) is 1.10. The summed E-state index contributed by atoms with van der Waals surface area (Å²) in [4.78, 5) is 34.8. The molecule has 8 nitrogen and oxygen atoms in total. The summed E-state index contributed by atoms with van der Waals surface area (Å²) in [5, 5.41) is 5.27. The van der Waals surface area contributed by atoms with Crippen molar-refractivity contribution in [2.75, 3.05) is 16.5 Å². The lowest BCUT2D eigenvalue weighted by molar-refractivity contribution is -0.117. The van der Waals surface area contributed by atoms with Crippen LogP contribution in [0.5, 0.6) is 0 Å². The molecule has 2 aromatic rings. The molecule has 0 unspecified atom stereocenters. The molecular formula is C18H18ClN3O5S. The third-order valence-corrected chi connectivity index (χ3v) is 5.07. The Kier molecular flexibility index (Phi) is 7.13. The third kappa shape index (κ3) is 6.07. The predicted molar refractivity (Wildman–Crippen MR) is 106 cm³/mol. The monoisotopic (exact) mass is 423 g/mol. The molecule has 0 saturated heterocycles. The molecule has 0 fully saturated rings. The number of amides is 3. The van der Waals surface area contributed by atoms with Crippen molar-refractivity contribution in [1.82, 2.24) is 4.72 Å². The highest BCUT2D eigenvalue weighted by molar-refractivity contribution is 7.90. The van der Waals surface area contributed by atoms with Gasteiger partial charge < -0.3 is 10.6 Å². The van der Waals surface area contributed by atoms with Crippen LogP contribution in [0.15, 0.2) is 53.4 Å². The molecule has 2 rings (SSSR count). The number of carbonyl (C=O) groups is 3. The van der Waals surface area contributed by atoms with E-state index in [-0.39, 0.29) is 23.1 Å². The summed E-state index contributed by atoms with van der Waals surface area (Å²) in [5.41, 5.74) is 1.13. The first kappa shape index (κ1) is 21.4. The van der Waals surface area contributed by atoms with Gasteiger partial charge >= 0.3 is 0 Å². The van der Waals surface area contributed by atoms with E-state index in [9.17, 15) is 22.8 Å². The number of sulfonamides is 1. The van der Waals surface area contributed by atoms with E-state index >= 15 is 0 Å². The van der Waals surface area contributed by atoms with Crippen LogP contribution in [0.3, 0.4) is 0 Å². The van der Waals surface area contributed by atoms with Gasteiger partial charge in [0.2, 0.25) is 11.8 Å². The summed E-state index contributed by atoms with van der Waals surface area (Å²) in [6, 6.07) is 11.7. The first-order chi connectivity index (χ1) is 13.2. The highest BCUT2D eigenvalue weighted by atomic mass is 35.5. The van der Waals surface area contributed by atoms with Crippen LogP contribution < -0.4 is 15.4 Å². The molecular weight excluding hydrogens is 406 g/mol. The van der Waals surface area contributed by atoms with Gasteiger partial charge in [0, 0.05) is 36.2 Å². The minimum absolute atomic E-state index is 0.107. The van der Waals surface area contributed by atoms with Crippen molar-refractivity contribution in [3.05, 3.63) is 54.1 Å². The fourth-order valence-electron chi connectivity index (χ4n) is 2.22. The van der Waals surface area contributed by atoms with E-state index < -0.39 is 21.8 Å². The van der Waals surface area contributed by atoms with Crippen molar-refractivity contribution in [3.63, 3.8) is 0 Å². The van der Waals surface area contributed by atoms with Gasteiger partial charge in [0.15, 0.2) is 0 Å². The molecule has 0 saturated carbocycles. The molecule has 0 aliphatic heterocycles. The minimum atomic E-state index is -3.94. The Bertz CT molecular complexity index is 991. The number of hydrogen-bond acceptors (Lipinski definition) is 5. The smallest absolute Gasteiger partial charge is 0.264 e. The zero-order valence-electron chi connectivity index (χ0n) is 14.9. The van der Waals surface area contributed by atoms with Crippen molar-refractivity contribution < 1.29 is 22.8 Å². The van der Waals surface area contributed by atoms with Gasteiger partial charge in [-0.3, -0.25) is 14.4 Å². The van der Waals surface area contributed by atoms with E-state index in [1.807, 2.05) is 4.72 Å². The van der Waals surface area contributed by atoms with Crippen LogP contribution in [0.1, 0.15) is 23.7 Å². The van der Waals surface area contributed by atoms with Crippen molar-refractivity contribution in [3.8, 4) is 0 Å². The molecule has 0 aliphatic carbocycles. The van der Waals surface area contributed by atoms with Gasteiger partial charge in [0.05, 0.1) is 4.90 Å². The Labute approximate surface area is 167 Å². The maximum absolute atomic E-state index is 12.4. The minimum Gasteiger partial charge on any atom is -0.326 e. The summed E-state index contributed by atoms with van der Waals surface area (Å²) < 4.78 is 25.7. The Morgan fingerprint density at radius 2 is 1.64 bits per heavy atom. The highest BCUT2D eigenvalue weighted by Gasteiger charge is 2.15.